The Morgan fingerprint density at radius 1 is 1.29 bits per heavy atom. The maximum atomic E-state index is 12.9. The van der Waals surface area contributed by atoms with Gasteiger partial charge in [0.25, 0.3) is 0 Å². The summed E-state index contributed by atoms with van der Waals surface area (Å²) < 4.78 is 76.4. The average molecular weight is 329 g/mol. The van der Waals surface area contributed by atoms with Gasteiger partial charge in [0.05, 0.1) is 10.5 Å². The fourth-order valence-electron chi connectivity index (χ4n) is 1.48. The van der Waals surface area contributed by atoms with E-state index in [2.05, 4.69) is 0 Å². The standard InChI is InChI=1S/C11H11F4NO4S/c12-7-3-4-9(8(6-7)11(13,14)15)21(19,20)16-5-1-2-10(17)18/h3-4,6,16H,1-2,5H2,(H,17,18). The van der Waals surface area contributed by atoms with Gasteiger partial charge in [-0.05, 0) is 24.6 Å². The molecule has 0 unspecified atom stereocenters. The third kappa shape index (κ3) is 4.97. The van der Waals surface area contributed by atoms with Crippen LogP contribution >= 0.6 is 0 Å². The quantitative estimate of drug-likeness (QED) is 0.617. The van der Waals surface area contributed by atoms with Crippen LogP contribution in [0, 0.1) is 5.82 Å². The number of carbonyl (C=O) groups is 1. The Labute approximate surface area is 117 Å². The van der Waals surface area contributed by atoms with Crippen LogP contribution in [0.2, 0.25) is 0 Å². The van der Waals surface area contributed by atoms with Crippen LogP contribution in [-0.4, -0.2) is 26.0 Å². The highest BCUT2D eigenvalue weighted by Crippen LogP contribution is 2.34. The Morgan fingerprint density at radius 2 is 1.90 bits per heavy atom. The van der Waals surface area contributed by atoms with Crippen LogP contribution in [0.5, 0.6) is 0 Å². The minimum absolute atomic E-state index is 0.0862. The molecule has 0 radical (unpaired) electrons. The molecule has 0 heterocycles. The topological polar surface area (TPSA) is 83.5 Å². The van der Waals surface area contributed by atoms with E-state index in [-0.39, 0.29) is 25.5 Å². The number of alkyl halides is 3. The molecule has 1 aromatic rings. The number of hydrogen-bond donors (Lipinski definition) is 2. The van der Waals surface area contributed by atoms with Crippen LogP contribution in [0.15, 0.2) is 23.1 Å². The Morgan fingerprint density at radius 3 is 2.43 bits per heavy atom. The maximum Gasteiger partial charge on any atom is 0.417 e. The summed E-state index contributed by atoms with van der Waals surface area (Å²) >= 11 is 0. The van der Waals surface area contributed by atoms with Crippen LogP contribution in [0.25, 0.3) is 0 Å². The van der Waals surface area contributed by atoms with Crippen molar-refractivity contribution in [3.05, 3.63) is 29.6 Å². The van der Waals surface area contributed by atoms with E-state index in [1.54, 1.807) is 0 Å². The molecular formula is C11H11F4NO4S. The average Bonchev–Trinajstić information content (AvgIpc) is 2.33. The third-order valence-corrected chi connectivity index (χ3v) is 3.92. The van der Waals surface area contributed by atoms with Gasteiger partial charge in [-0.1, -0.05) is 0 Å². The van der Waals surface area contributed by atoms with E-state index in [4.69, 9.17) is 5.11 Å². The first-order chi connectivity index (χ1) is 9.54. The van der Waals surface area contributed by atoms with Gasteiger partial charge in [-0.15, -0.1) is 0 Å². The van der Waals surface area contributed by atoms with Crippen LogP contribution < -0.4 is 4.72 Å². The predicted molar refractivity (Wildman–Crippen MR) is 63.5 cm³/mol. The fourth-order valence-corrected chi connectivity index (χ4v) is 2.76. The van der Waals surface area contributed by atoms with Crippen molar-refractivity contribution in [1.29, 1.82) is 0 Å². The molecule has 0 amide bonds. The highest BCUT2D eigenvalue weighted by atomic mass is 32.2. The molecule has 5 nitrogen and oxygen atoms in total. The summed E-state index contributed by atoms with van der Waals surface area (Å²) in [7, 11) is -4.52. The second-order valence-corrected chi connectivity index (χ2v) is 5.77. The van der Waals surface area contributed by atoms with Gasteiger partial charge in [0.2, 0.25) is 10.0 Å². The number of nitrogens with one attached hydrogen (secondary N) is 1. The van der Waals surface area contributed by atoms with Crippen molar-refractivity contribution in [2.45, 2.75) is 23.9 Å². The summed E-state index contributed by atoms with van der Waals surface area (Å²) in [6, 6.07) is 1.20. The van der Waals surface area contributed by atoms with Crippen LogP contribution in [0.4, 0.5) is 17.6 Å². The van der Waals surface area contributed by atoms with E-state index in [1.807, 2.05) is 4.72 Å². The van der Waals surface area contributed by atoms with Gasteiger partial charge < -0.3 is 5.11 Å². The molecule has 118 valence electrons. The number of hydrogen-bond acceptors (Lipinski definition) is 3. The first kappa shape index (κ1) is 17.4. The van der Waals surface area contributed by atoms with E-state index in [1.165, 1.54) is 0 Å². The van der Waals surface area contributed by atoms with Crippen molar-refractivity contribution < 1.29 is 35.9 Å². The second-order valence-electron chi connectivity index (χ2n) is 4.03. The normalized spacial score (nSPS) is 12.4. The van der Waals surface area contributed by atoms with E-state index in [0.717, 1.165) is 0 Å². The van der Waals surface area contributed by atoms with Crippen LogP contribution in [-0.2, 0) is 21.0 Å². The molecule has 0 aliphatic heterocycles. The summed E-state index contributed by atoms with van der Waals surface area (Å²) in [5.74, 6) is -2.38. The largest absolute Gasteiger partial charge is 0.481 e. The van der Waals surface area contributed by atoms with Crippen molar-refractivity contribution in [3.63, 3.8) is 0 Å². The molecule has 0 aliphatic rings. The highest BCUT2D eigenvalue weighted by molar-refractivity contribution is 7.89. The number of aliphatic carboxylic acids is 1. The van der Waals surface area contributed by atoms with Crippen molar-refractivity contribution in [3.8, 4) is 0 Å². The lowest BCUT2D eigenvalue weighted by atomic mass is 10.2. The summed E-state index contributed by atoms with van der Waals surface area (Å²) in [4.78, 5) is 9.14. The van der Waals surface area contributed by atoms with Gasteiger partial charge in [-0.25, -0.2) is 17.5 Å². The second kappa shape index (κ2) is 6.39. The molecule has 0 fully saturated rings. The molecule has 0 aliphatic carbocycles. The van der Waals surface area contributed by atoms with E-state index < -0.39 is 38.4 Å². The lowest BCUT2D eigenvalue weighted by Crippen LogP contribution is -2.27. The lowest BCUT2D eigenvalue weighted by Gasteiger charge is -2.13. The zero-order chi connectivity index (χ0) is 16.3. The Hall–Kier alpha value is -1.68. The molecule has 21 heavy (non-hydrogen) atoms. The van der Waals surface area contributed by atoms with Gasteiger partial charge >= 0.3 is 12.1 Å². The summed E-state index contributed by atoms with van der Waals surface area (Å²) in [5.41, 5.74) is -1.62. The van der Waals surface area contributed by atoms with E-state index in [9.17, 15) is 30.8 Å². The molecular weight excluding hydrogens is 318 g/mol. The predicted octanol–water partition coefficient (Wildman–Crippen LogP) is 1.99. The highest BCUT2D eigenvalue weighted by Gasteiger charge is 2.37. The summed E-state index contributed by atoms with van der Waals surface area (Å²) in [6.45, 7) is -0.344. The van der Waals surface area contributed by atoms with Gasteiger partial charge in [-0.3, -0.25) is 4.79 Å². The van der Waals surface area contributed by atoms with Gasteiger partial charge in [-0.2, -0.15) is 13.2 Å². The number of carboxylic acids is 1. The Kier molecular flexibility index (Phi) is 5.29. The van der Waals surface area contributed by atoms with Crippen molar-refractivity contribution in [2.75, 3.05) is 6.54 Å². The van der Waals surface area contributed by atoms with Gasteiger partial charge in [0.15, 0.2) is 0 Å². The summed E-state index contributed by atoms with van der Waals surface area (Å²) in [5, 5.41) is 8.37. The molecule has 1 rings (SSSR count). The van der Waals surface area contributed by atoms with Crippen LogP contribution in [0.3, 0.4) is 0 Å². The van der Waals surface area contributed by atoms with Crippen molar-refractivity contribution in [2.24, 2.45) is 0 Å². The third-order valence-electron chi connectivity index (χ3n) is 2.40. The molecule has 1 aromatic carbocycles. The zero-order valence-corrected chi connectivity index (χ0v) is 11.3. The molecule has 0 atom stereocenters. The molecule has 10 heteroatoms. The van der Waals surface area contributed by atoms with E-state index in [0.29, 0.717) is 12.1 Å². The Balaban J connectivity index is 3.01. The molecule has 0 aromatic heterocycles. The number of sulfonamides is 1. The smallest absolute Gasteiger partial charge is 0.417 e. The zero-order valence-electron chi connectivity index (χ0n) is 10.4. The maximum absolute atomic E-state index is 12.9. The number of carboxylic acid groups (broad SMARTS) is 1. The Bertz CT molecular complexity index is 628. The SMILES string of the molecule is O=C(O)CCCNS(=O)(=O)c1ccc(F)cc1C(F)(F)F. The number of benzene rings is 1. The summed E-state index contributed by atoms with van der Waals surface area (Å²) in [6.07, 6.45) is -5.46. The van der Waals surface area contributed by atoms with Gasteiger partial charge in [0.1, 0.15) is 5.82 Å². The molecule has 2 N–H and O–H groups in total. The monoisotopic (exact) mass is 329 g/mol. The van der Waals surface area contributed by atoms with Crippen molar-refractivity contribution in [1.82, 2.24) is 4.72 Å². The minimum atomic E-state index is -5.03. The molecule has 0 saturated carbocycles. The lowest BCUT2D eigenvalue weighted by molar-refractivity contribution is -0.140. The molecule has 0 spiro atoms. The molecule has 0 saturated heterocycles. The van der Waals surface area contributed by atoms with E-state index >= 15 is 0 Å². The molecule has 0 bridgehead atoms. The van der Waals surface area contributed by atoms with Gasteiger partial charge in [0, 0.05) is 13.0 Å². The van der Waals surface area contributed by atoms with Crippen molar-refractivity contribution >= 4 is 16.0 Å². The first-order valence-corrected chi connectivity index (χ1v) is 7.10. The van der Waals surface area contributed by atoms with Crippen LogP contribution in [0.1, 0.15) is 18.4 Å². The fraction of sp³-hybridized carbons (Fsp3) is 0.364. The number of halogens is 4. The minimum Gasteiger partial charge on any atom is -0.481 e. The number of rotatable bonds is 6. The first-order valence-electron chi connectivity index (χ1n) is 5.62.